The normalized spacial score (nSPS) is 14.5. The van der Waals surface area contributed by atoms with E-state index in [1.165, 1.54) is 5.57 Å². The minimum atomic E-state index is 0.608. The Morgan fingerprint density at radius 3 is 2.54 bits per heavy atom. The maximum atomic E-state index is 3.74. The van der Waals surface area contributed by atoms with Crippen LogP contribution in [0.3, 0.4) is 0 Å². The number of hydrogen-bond donors (Lipinski definition) is 0. The van der Waals surface area contributed by atoms with Crippen LogP contribution in [0.25, 0.3) is 0 Å². The molecule has 0 radical (unpaired) electrons. The first-order valence-electron chi connectivity index (χ1n) is 4.78. The topological polar surface area (TPSA) is 0 Å². The fourth-order valence-electron chi connectivity index (χ4n) is 1.38. The summed E-state index contributed by atoms with van der Waals surface area (Å²) in [6.45, 7) is 11.7. The van der Waals surface area contributed by atoms with Crippen molar-refractivity contribution in [2.75, 3.05) is 0 Å². The van der Waals surface area contributed by atoms with Crippen LogP contribution in [0, 0.1) is 5.92 Å². The van der Waals surface area contributed by atoms with Crippen molar-refractivity contribution in [2.45, 2.75) is 26.7 Å². The van der Waals surface area contributed by atoms with Crippen molar-refractivity contribution in [3.05, 3.63) is 49.1 Å². The van der Waals surface area contributed by atoms with Crippen LogP contribution in [0.5, 0.6) is 0 Å². The highest BCUT2D eigenvalue weighted by Gasteiger charge is 1.99. The van der Waals surface area contributed by atoms with E-state index >= 15 is 0 Å². The Morgan fingerprint density at radius 1 is 1.38 bits per heavy atom. The largest absolute Gasteiger partial charge is 0.103 e. The molecule has 0 bridgehead atoms. The summed E-state index contributed by atoms with van der Waals surface area (Å²) in [6, 6.07) is 0. The smallest absolute Gasteiger partial charge is 0.0138 e. The molecule has 0 rings (SSSR count). The summed E-state index contributed by atoms with van der Waals surface area (Å²) < 4.78 is 0. The molecule has 0 nitrogen and oxygen atoms in total. The first-order valence-corrected chi connectivity index (χ1v) is 4.78. The average molecular weight is 176 g/mol. The molecule has 0 aliphatic rings. The lowest BCUT2D eigenvalue weighted by molar-refractivity contribution is 0.705. The van der Waals surface area contributed by atoms with E-state index < -0.39 is 0 Å². The van der Waals surface area contributed by atoms with Crippen LogP contribution in [0.15, 0.2) is 49.1 Å². The van der Waals surface area contributed by atoms with E-state index in [-0.39, 0.29) is 0 Å². The Labute approximate surface area is 82.4 Å². The first-order chi connectivity index (χ1) is 6.24. The molecule has 0 heteroatoms. The molecule has 0 aliphatic carbocycles. The van der Waals surface area contributed by atoms with Gasteiger partial charge in [-0.3, -0.25) is 0 Å². The number of rotatable bonds is 6. The minimum absolute atomic E-state index is 0.608. The van der Waals surface area contributed by atoms with Crippen molar-refractivity contribution in [1.82, 2.24) is 0 Å². The fraction of sp³-hybridized carbons (Fsp3) is 0.385. The standard InChI is InChI=1S/C13H20/c1-5-8-12(4)11-13(9-6-2)10-7-3/h5-9,12H,2-3,10-11H2,1,4H3. The molecule has 72 valence electrons. The van der Waals surface area contributed by atoms with Gasteiger partial charge in [0.1, 0.15) is 0 Å². The summed E-state index contributed by atoms with van der Waals surface area (Å²) in [5, 5.41) is 0. The number of allylic oxidation sites excluding steroid dienone is 6. The second-order valence-electron chi connectivity index (χ2n) is 3.26. The van der Waals surface area contributed by atoms with Crippen LogP contribution in [0.1, 0.15) is 26.7 Å². The lowest BCUT2D eigenvalue weighted by Crippen LogP contribution is -1.92. The summed E-state index contributed by atoms with van der Waals surface area (Å²) in [5.41, 5.74) is 1.40. The highest BCUT2D eigenvalue weighted by molar-refractivity contribution is 5.14. The molecule has 1 unspecified atom stereocenters. The van der Waals surface area contributed by atoms with Crippen molar-refractivity contribution in [1.29, 1.82) is 0 Å². The molecule has 0 aromatic carbocycles. The van der Waals surface area contributed by atoms with Gasteiger partial charge in [0.25, 0.3) is 0 Å². The van der Waals surface area contributed by atoms with Crippen LogP contribution < -0.4 is 0 Å². The van der Waals surface area contributed by atoms with Crippen molar-refractivity contribution < 1.29 is 0 Å². The van der Waals surface area contributed by atoms with Crippen LogP contribution in [-0.4, -0.2) is 0 Å². The SMILES string of the molecule is C=CC=C(CC=C)CC(C)C=CC. The second kappa shape index (κ2) is 7.60. The van der Waals surface area contributed by atoms with E-state index in [0.717, 1.165) is 12.8 Å². The zero-order chi connectivity index (χ0) is 10.1. The van der Waals surface area contributed by atoms with Gasteiger partial charge in [-0.2, -0.15) is 0 Å². The van der Waals surface area contributed by atoms with Gasteiger partial charge in [0.2, 0.25) is 0 Å². The van der Waals surface area contributed by atoms with Crippen molar-refractivity contribution in [2.24, 2.45) is 5.92 Å². The third-order valence-corrected chi connectivity index (χ3v) is 1.87. The van der Waals surface area contributed by atoms with Crippen molar-refractivity contribution >= 4 is 0 Å². The maximum absolute atomic E-state index is 3.74. The minimum Gasteiger partial charge on any atom is -0.103 e. The predicted molar refractivity (Wildman–Crippen MR) is 61.7 cm³/mol. The summed E-state index contributed by atoms with van der Waals surface area (Å²) >= 11 is 0. The Kier molecular flexibility index (Phi) is 6.99. The summed E-state index contributed by atoms with van der Waals surface area (Å²) in [7, 11) is 0. The van der Waals surface area contributed by atoms with Crippen molar-refractivity contribution in [3.8, 4) is 0 Å². The maximum Gasteiger partial charge on any atom is -0.0138 e. The van der Waals surface area contributed by atoms with Crippen molar-refractivity contribution in [3.63, 3.8) is 0 Å². The Hall–Kier alpha value is -1.04. The van der Waals surface area contributed by atoms with Gasteiger partial charge in [-0.15, -0.1) is 6.58 Å². The molecule has 13 heavy (non-hydrogen) atoms. The summed E-state index contributed by atoms with van der Waals surface area (Å²) in [6.07, 6.45) is 12.3. The molecule has 0 spiro atoms. The Bertz CT molecular complexity index is 206. The van der Waals surface area contributed by atoms with Gasteiger partial charge in [0, 0.05) is 0 Å². The quantitative estimate of drug-likeness (QED) is 0.418. The lowest BCUT2D eigenvalue weighted by Gasteiger charge is -2.08. The molecule has 0 N–H and O–H groups in total. The molecule has 0 amide bonds. The lowest BCUT2D eigenvalue weighted by atomic mass is 9.98. The molecular formula is C13H20. The van der Waals surface area contributed by atoms with Gasteiger partial charge < -0.3 is 0 Å². The molecular weight excluding hydrogens is 156 g/mol. The highest BCUT2D eigenvalue weighted by atomic mass is 14.0. The van der Waals surface area contributed by atoms with E-state index in [9.17, 15) is 0 Å². The monoisotopic (exact) mass is 176 g/mol. The molecule has 0 aromatic rings. The molecule has 0 saturated heterocycles. The van der Waals surface area contributed by atoms with Crippen LogP contribution in [0.4, 0.5) is 0 Å². The van der Waals surface area contributed by atoms with E-state index in [1.807, 2.05) is 12.2 Å². The van der Waals surface area contributed by atoms with Crippen LogP contribution >= 0.6 is 0 Å². The van der Waals surface area contributed by atoms with Gasteiger partial charge in [-0.1, -0.05) is 49.5 Å². The van der Waals surface area contributed by atoms with Gasteiger partial charge in [0.15, 0.2) is 0 Å². The Morgan fingerprint density at radius 2 is 2.08 bits per heavy atom. The third-order valence-electron chi connectivity index (χ3n) is 1.87. The molecule has 0 saturated carbocycles. The molecule has 0 aliphatic heterocycles. The third kappa shape index (κ3) is 6.15. The van der Waals surface area contributed by atoms with Gasteiger partial charge >= 0.3 is 0 Å². The van der Waals surface area contributed by atoms with Gasteiger partial charge in [-0.25, -0.2) is 0 Å². The molecule has 0 aromatic heterocycles. The highest BCUT2D eigenvalue weighted by Crippen LogP contribution is 2.16. The summed E-state index contributed by atoms with van der Waals surface area (Å²) in [5.74, 6) is 0.608. The average Bonchev–Trinajstić information content (AvgIpc) is 2.05. The van der Waals surface area contributed by atoms with E-state index in [4.69, 9.17) is 0 Å². The molecule has 0 fully saturated rings. The van der Waals surface area contributed by atoms with E-state index in [1.54, 1.807) is 0 Å². The second-order valence-corrected chi connectivity index (χ2v) is 3.26. The zero-order valence-corrected chi connectivity index (χ0v) is 8.79. The predicted octanol–water partition coefficient (Wildman–Crippen LogP) is 4.28. The van der Waals surface area contributed by atoms with Gasteiger partial charge in [0.05, 0.1) is 0 Å². The number of hydrogen-bond acceptors (Lipinski definition) is 0. The van der Waals surface area contributed by atoms with Crippen LogP contribution in [-0.2, 0) is 0 Å². The zero-order valence-electron chi connectivity index (χ0n) is 8.79. The first kappa shape index (κ1) is 12.0. The molecule has 1 atom stereocenters. The van der Waals surface area contributed by atoms with Gasteiger partial charge in [-0.05, 0) is 25.7 Å². The molecule has 0 heterocycles. The van der Waals surface area contributed by atoms with Crippen LogP contribution in [0.2, 0.25) is 0 Å². The Balaban J connectivity index is 4.16. The van der Waals surface area contributed by atoms with E-state index in [0.29, 0.717) is 5.92 Å². The fourth-order valence-corrected chi connectivity index (χ4v) is 1.38. The summed E-state index contributed by atoms with van der Waals surface area (Å²) in [4.78, 5) is 0. The van der Waals surface area contributed by atoms with E-state index in [2.05, 4.69) is 45.2 Å².